The molecule has 0 saturated carbocycles. The molecule has 0 saturated heterocycles. The highest BCUT2D eigenvalue weighted by atomic mass is 16.5. The maximum atomic E-state index is 13.6. The summed E-state index contributed by atoms with van der Waals surface area (Å²) in [7, 11) is 3.04. The van der Waals surface area contributed by atoms with Crippen LogP contribution in [0.3, 0.4) is 0 Å². The molecular weight excluding hydrogens is 430 g/mol. The Labute approximate surface area is 197 Å². The van der Waals surface area contributed by atoms with Gasteiger partial charge in [0.05, 0.1) is 37.1 Å². The molecular formula is C27H23N3O4. The Morgan fingerprint density at radius 1 is 0.824 bits per heavy atom. The van der Waals surface area contributed by atoms with Gasteiger partial charge in [-0.1, -0.05) is 12.1 Å². The van der Waals surface area contributed by atoms with Crippen LogP contribution in [0.25, 0.3) is 5.57 Å². The van der Waals surface area contributed by atoms with Gasteiger partial charge in [0.25, 0.3) is 11.8 Å². The van der Waals surface area contributed by atoms with Gasteiger partial charge in [-0.05, 0) is 79.1 Å². The van der Waals surface area contributed by atoms with E-state index in [-0.39, 0.29) is 11.3 Å². The SMILES string of the molecule is COc1ccc(C2=C(Nc3cc(C)cc(C)c3)C(=O)N(c3ccc(C#N)cc3)C2=O)cc1OC. The smallest absolute Gasteiger partial charge is 0.282 e. The summed E-state index contributed by atoms with van der Waals surface area (Å²) in [6.45, 7) is 3.93. The maximum Gasteiger partial charge on any atom is 0.282 e. The molecule has 0 radical (unpaired) electrons. The van der Waals surface area contributed by atoms with Crippen LogP contribution in [0, 0.1) is 25.2 Å². The molecule has 4 rings (SSSR count). The number of anilines is 2. The second-order valence-electron chi connectivity index (χ2n) is 7.93. The standard InChI is InChI=1S/C27H23N3O4/c1-16-11-17(2)13-20(12-16)29-25-24(19-7-10-22(33-3)23(14-19)34-4)26(31)30(27(25)32)21-8-5-18(15-28)6-9-21/h5-14,29H,1-4H3. The zero-order chi connectivity index (χ0) is 24.4. The van der Waals surface area contributed by atoms with Crippen molar-refractivity contribution < 1.29 is 19.1 Å². The number of benzene rings is 3. The highest BCUT2D eigenvalue weighted by Crippen LogP contribution is 2.37. The first kappa shape index (κ1) is 22.6. The molecule has 34 heavy (non-hydrogen) atoms. The predicted octanol–water partition coefficient (Wildman–Crippen LogP) is 4.59. The van der Waals surface area contributed by atoms with Crippen molar-refractivity contribution in [3.8, 4) is 17.6 Å². The lowest BCUT2D eigenvalue weighted by Crippen LogP contribution is -2.32. The summed E-state index contributed by atoms with van der Waals surface area (Å²) >= 11 is 0. The summed E-state index contributed by atoms with van der Waals surface area (Å²) in [4.78, 5) is 28.3. The fourth-order valence-electron chi connectivity index (χ4n) is 4.02. The molecule has 0 bridgehead atoms. The second-order valence-corrected chi connectivity index (χ2v) is 7.93. The van der Waals surface area contributed by atoms with Gasteiger partial charge in [-0.25, -0.2) is 4.90 Å². The van der Waals surface area contributed by atoms with Crippen LogP contribution < -0.4 is 19.7 Å². The van der Waals surface area contributed by atoms with Gasteiger partial charge in [-0.15, -0.1) is 0 Å². The molecule has 0 atom stereocenters. The number of nitriles is 1. The van der Waals surface area contributed by atoms with Crippen LogP contribution in [0.1, 0.15) is 22.3 Å². The van der Waals surface area contributed by atoms with Gasteiger partial charge in [0.1, 0.15) is 5.70 Å². The average molecular weight is 453 g/mol. The topological polar surface area (TPSA) is 91.7 Å². The summed E-state index contributed by atoms with van der Waals surface area (Å²) in [5.74, 6) is -0.0147. The van der Waals surface area contributed by atoms with Crippen LogP contribution >= 0.6 is 0 Å². The molecule has 2 amide bonds. The van der Waals surface area contributed by atoms with Gasteiger partial charge >= 0.3 is 0 Å². The Hall–Kier alpha value is -4.57. The number of imide groups is 1. The van der Waals surface area contributed by atoms with Gasteiger partial charge in [0.15, 0.2) is 11.5 Å². The van der Waals surface area contributed by atoms with Crippen LogP contribution in [0.15, 0.2) is 66.4 Å². The molecule has 0 aliphatic carbocycles. The number of methoxy groups -OCH3 is 2. The van der Waals surface area contributed by atoms with E-state index in [4.69, 9.17) is 14.7 Å². The number of amides is 2. The van der Waals surface area contributed by atoms with Crippen LogP contribution in [0.4, 0.5) is 11.4 Å². The van der Waals surface area contributed by atoms with Crippen molar-refractivity contribution in [2.75, 3.05) is 24.4 Å². The summed E-state index contributed by atoms with van der Waals surface area (Å²) in [6.07, 6.45) is 0. The van der Waals surface area contributed by atoms with E-state index in [2.05, 4.69) is 5.32 Å². The monoisotopic (exact) mass is 453 g/mol. The molecule has 1 aliphatic heterocycles. The van der Waals surface area contributed by atoms with Crippen molar-refractivity contribution >= 4 is 28.8 Å². The van der Waals surface area contributed by atoms with E-state index in [1.54, 1.807) is 42.5 Å². The Bertz CT molecular complexity index is 1350. The van der Waals surface area contributed by atoms with Crippen molar-refractivity contribution in [1.82, 2.24) is 0 Å². The van der Waals surface area contributed by atoms with Gasteiger partial charge in [0.2, 0.25) is 0 Å². The van der Waals surface area contributed by atoms with Gasteiger partial charge in [-0.2, -0.15) is 5.26 Å². The zero-order valence-corrected chi connectivity index (χ0v) is 19.3. The highest BCUT2D eigenvalue weighted by Gasteiger charge is 2.40. The third-order valence-electron chi connectivity index (χ3n) is 5.50. The number of nitrogens with one attached hydrogen (secondary N) is 1. The minimum Gasteiger partial charge on any atom is -0.493 e. The van der Waals surface area contributed by atoms with Gasteiger partial charge in [-0.3, -0.25) is 9.59 Å². The molecule has 0 unspecified atom stereocenters. The highest BCUT2D eigenvalue weighted by molar-refractivity contribution is 6.46. The van der Waals surface area contributed by atoms with E-state index in [1.165, 1.54) is 14.2 Å². The fourth-order valence-corrected chi connectivity index (χ4v) is 4.02. The Kier molecular flexibility index (Phi) is 6.07. The van der Waals surface area contributed by atoms with E-state index < -0.39 is 11.8 Å². The molecule has 1 N–H and O–H groups in total. The van der Waals surface area contributed by atoms with E-state index >= 15 is 0 Å². The van der Waals surface area contributed by atoms with Crippen LogP contribution in [-0.2, 0) is 9.59 Å². The number of ether oxygens (including phenoxy) is 2. The number of aryl methyl sites for hydroxylation is 2. The van der Waals surface area contributed by atoms with Crippen molar-refractivity contribution in [3.63, 3.8) is 0 Å². The molecule has 0 fully saturated rings. The van der Waals surface area contributed by atoms with Gasteiger partial charge < -0.3 is 14.8 Å². The largest absolute Gasteiger partial charge is 0.493 e. The average Bonchev–Trinajstić information content (AvgIpc) is 3.07. The van der Waals surface area contributed by atoms with Crippen LogP contribution in [-0.4, -0.2) is 26.0 Å². The number of hydrogen-bond donors (Lipinski definition) is 1. The van der Waals surface area contributed by atoms with Crippen molar-refractivity contribution in [2.45, 2.75) is 13.8 Å². The lowest BCUT2D eigenvalue weighted by Gasteiger charge is -2.15. The molecule has 3 aromatic rings. The Balaban J connectivity index is 1.86. The lowest BCUT2D eigenvalue weighted by atomic mass is 10.0. The third kappa shape index (κ3) is 4.09. The van der Waals surface area contributed by atoms with E-state index in [9.17, 15) is 9.59 Å². The molecule has 0 spiro atoms. The molecule has 7 nitrogen and oxygen atoms in total. The second kappa shape index (κ2) is 9.12. The predicted molar refractivity (Wildman–Crippen MR) is 130 cm³/mol. The van der Waals surface area contributed by atoms with E-state index in [0.29, 0.717) is 34.0 Å². The summed E-state index contributed by atoms with van der Waals surface area (Å²) < 4.78 is 10.7. The van der Waals surface area contributed by atoms with Crippen molar-refractivity contribution in [3.05, 3.63) is 88.6 Å². The fraction of sp³-hybridized carbons (Fsp3) is 0.148. The van der Waals surface area contributed by atoms with E-state index in [0.717, 1.165) is 16.0 Å². The molecule has 7 heteroatoms. The zero-order valence-electron chi connectivity index (χ0n) is 19.3. The Morgan fingerprint density at radius 2 is 1.47 bits per heavy atom. The summed E-state index contributed by atoms with van der Waals surface area (Å²) in [5, 5.41) is 12.3. The van der Waals surface area contributed by atoms with Crippen molar-refractivity contribution in [1.29, 1.82) is 5.26 Å². The number of hydrogen-bond acceptors (Lipinski definition) is 6. The Morgan fingerprint density at radius 3 is 2.06 bits per heavy atom. The van der Waals surface area contributed by atoms with E-state index in [1.807, 2.05) is 38.1 Å². The lowest BCUT2D eigenvalue weighted by molar-refractivity contribution is -0.120. The van der Waals surface area contributed by atoms with Gasteiger partial charge in [0, 0.05) is 5.69 Å². The summed E-state index contributed by atoms with van der Waals surface area (Å²) in [6, 6.07) is 19.3. The normalized spacial score (nSPS) is 13.2. The number of carbonyl (C=O) groups excluding carboxylic acids is 2. The van der Waals surface area contributed by atoms with Crippen LogP contribution in [0.2, 0.25) is 0 Å². The maximum absolute atomic E-state index is 13.6. The molecule has 3 aromatic carbocycles. The quantitative estimate of drug-likeness (QED) is 0.549. The molecule has 170 valence electrons. The molecule has 0 aromatic heterocycles. The van der Waals surface area contributed by atoms with Crippen LogP contribution in [0.5, 0.6) is 11.5 Å². The number of nitrogens with zero attached hydrogens (tertiary/aromatic N) is 2. The molecule has 1 aliphatic rings. The van der Waals surface area contributed by atoms with Crippen molar-refractivity contribution in [2.24, 2.45) is 0 Å². The molecule has 1 heterocycles. The number of carbonyl (C=O) groups is 2. The third-order valence-corrected chi connectivity index (χ3v) is 5.50. The minimum atomic E-state index is -0.487. The first-order chi connectivity index (χ1) is 16.4. The number of rotatable bonds is 6. The first-order valence-electron chi connectivity index (χ1n) is 10.6. The minimum absolute atomic E-state index is 0.159. The summed E-state index contributed by atoms with van der Waals surface area (Å²) in [5.41, 5.74) is 4.45. The first-order valence-corrected chi connectivity index (χ1v) is 10.6.